The summed E-state index contributed by atoms with van der Waals surface area (Å²) < 4.78 is 2.28. The zero-order valence-electron chi connectivity index (χ0n) is 17.8. The van der Waals surface area contributed by atoms with Crippen LogP contribution in [-0.4, -0.2) is 52.5 Å². The number of rotatable bonds is 4. The standard InChI is InChI=1S/C23H32N4O2/c1-16-17(2)26(21-7-5-4-6-20(16)21)13-8-22(29)27-15-19(25-18(3)28)14-23(27)9-11-24-12-10-23/h4-7,19,24H,8-15H2,1-3H3,(H,25,28). The highest BCUT2D eigenvalue weighted by Gasteiger charge is 2.48. The highest BCUT2D eigenvalue weighted by Crippen LogP contribution is 2.37. The number of nitrogens with zero attached hydrogens (tertiary/aromatic N) is 2. The van der Waals surface area contributed by atoms with Crippen molar-refractivity contribution in [3.05, 3.63) is 35.5 Å². The van der Waals surface area contributed by atoms with Gasteiger partial charge in [-0.2, -0.15) is 0 Å². The van der Waals surface area contributed by atoms with Crippen molar-refractivity contribution in [2.24, 2.45) is 0 Å². The number of piperidine rings is 1. The second kappa shape index (κ2) is 7.82. The molecule has 1 aromatic carbocycles. The summed E-state index contributed by atoms with van der Waals surface area (Å²) in [5.74, 6) is 0.188. The van der Waals surface area contributed by atoms with Crippen LogP contribution >= 0.6 is 0 Å². The fourth-order valence-corrected chi connectivity index (χ4v) is 5.40. The number of fused-ring (bicyclic) bond motifs is 1. The fraction of sp³-hybridized carbons (Fsp3) is 0.565. The summed E-state index contributed by atoms with van der Waals surface area (Å²) in [5, 5.41) is 7.72. The van der Waals surface area contributed by atoms with Crippen LogP contribution in [-0.2, 0) is 16.1 Å². The lowest BCUT2D eigenvalue weighted by molar-refractivity contribution is -0.136. The Kier molecular flexibility index (Phi) is 5.38. The number of para-hydroxylation sites is 1. The summed E-state index contributed by atoms with van der Waals surface area (Å²) in [4.78, 5) is 27.0. The number of likely N-dealkylation sites (tertiary alicyclic amines) is 1. The van der Waals surface area contributed by atoms with Gasteiger partial charge in [-0.3, -0.25) is 9.59 Å². The highest BCUT2D eigenvalue weighted by atomic mass is 16.2. The molecule has 0 bridgehead atoms. The lowest BCUT2D eigenvalue weighted by atomic mass is 9.84. The van der Waals surface area contributed by atoms with E-state index in [0.717, 1.165) is 32.4 Å². The summed E-state index contributed by atoms with van der Waals surface area (Å²) in [6.45, 7) is 9.02. The largest absolute Gasteiger partial charge is 0.352 e. The van der Waals surface area contributed by atoms with Gasteiger partial charge in [0.15, 0.2) is 0 Å². The topological polar surface area (TPSA) is 66.4 Å². The SMILES string of the molecule is CC(=O)NC1CN(C(=O)CCn2c(C)c(C)c3ccccc32)C2(CCNCC2)C1. The van der Waals surface area contributed by atoms with Gasteiger partial charge in [0, 0.05) is 54.6 Å². The number of aryl methyl sites for hydroxylation is 2. The second-order valence-corrected chi connectivity index (χ2v) is 8.71. The molecule has 0 radical (unpaired) electrons. The Morgan fingerprint density at radius 3 is 2.66 bits per heavy atom. The van der Waals surface area contributed by atoms with Gasteiger partial charge < -0.3 is 20.1 Å². The van der Waals surface area contributed by atoms with Gasteiger partial charge in [-0.05, 0) is 57.8 Å². The monoisotopic (exact) mass is 396 g/mol. The molecule has 6 heteroatoms. The van der Waals surface area contributed by atoms with Crippen molar-refractivity contribution >= 4 is 22.7 Å². The van der Waals surface area contributed by atoms with E-state index in [-0.39, 0.29) is 23.4 Å². The zero-order chi connectivity index (χ0) is 20.6. The molecule has 29 heavy (non-hydrogen) atoms. The minimum absolute atomic E-state index is 0.0155. The number of amides is 2. The van der Waals surface area contributed by atoms with Gasteiger partial charge >= 0.3 is 0 Å². The first-order chi connectivity index (χ1) is 13.9. The summed E-state index contributed by atoms with van der Waals surface area (Å²) >= 11 is 0. The summed E-state index contributed by atoms with van der Waals surface area (Å²) in [7, 11) is 0. The third kappa shape index (κ3) is 3.66. The average Bonchev–Trinajstić information content (AvgIpc) is 3.16. The highest BCUT2D eigenvalue weighted by molar-refractivity contribution is 5.85. The molecule has 1 spiro atoms. The molecule has 156 valence electrons. The number of aromatic nitrogens is 1. The first-order valence-electron chi connectivity index (χ1n) is 10.7. The number of benzene rings is 1. The maximum atomic E-state index is 13.4. The number of nitrogens with one attached hydrogen (secondary N) is 2. The first-order valence-corrected chi connectivity index (χ1v) is 10.7. The smallest absolute Gasteiger partial charge is 0.224 e. The van der Waals surface area contributed by atoms with Gasteiger partial charge in [-0.1, -0.05) is 18.2 Å². The third-order valence-electron chi connectivity index (χ3n) is 6.94. The molecule has 1 atom stereocenters. The van der Waals surface area contributed by atoms with Crippen LogP contribution in [0.15, 0.2) is 24.3 Å². The first kappa shape index (κ1) is 20.0. The Morgan fingerprint density at radius 1 is 1.21 bits per heavy atom. The molecule has 2 aliphatic heterocycles. The predicted octanol–water partition coefficient (Wildman–Crippen LogP) is 2.51. The fourth-order valence-electron chi connectivity index (χ4n) is 5.40. The van der Waals surface area contributed by atoms with Crippen molar-refractivity contribution < 1.29 is 9.59 Å². The quantitative estimate of drug-likeness (QED) is 0.835. The van der Waals surface area contributed by atoms with Crippen LogP contribution in [0.5, 0.6) is 0 Å². The van der Waals surface area contributed by atoms with E-state index in [1.807, 2.05) is 0 Å². The minimum Gasteiger partial charge on any atom is -0.352 e. The maximum Gasteiger partial charge on any atom is 0.224 e. The lowest BCUT2D eigenvalue weighted by Gasteiger charge is -2.41. The molecule has 6 nitrogen and oxygen atoms in total. The van der Waals surface area contributed by atoms with Gasteiger partial charge in [-0.25, -0.2) is 0 Å². The van der Waals surface area contributed by atoms with E-state index in [1.54, 1.807) is 6.92 Å². The predicted molar refractivity (Wildman–Crippen MR) is 115 cm³/mol. The van der Waals surface area contributed by atoms with E-state index in [4.69, 9.17) is 0 Å². The van der Waals surface area contributed by atoms with Gasteiger partial charge in [0.1, 0.15) is 0 Å². The number of carbonyl (C=O) groups excluding carboxylic acids is 2. The van der Waals surface area contributed by atoms with Crippen molar-refractivity contribution in [1.29, 1.82) is 0 Å². The number of carbonyl (C=O) groups is 2. The molecule has 1 unspecified atom stereocenters. The van der Waals surface area contributed by atoms with E-state index in [2.05, 4.69) is 58.2 Å². The molecule has 4 rings (SSSR count). The Labute approximate surface area is 172 Å². The van der Waals surface area contributed by atoms with E-state index >= 15 is 0 Å². The van der Waals surface area contributed by atoms with Crippen LogP contribution in [0.2, 0.25) is 0 Å². The molecule has 1 aromatic heterocycles. The van der Waals surface area contributed by atoms with Crippen LogP contribution in [0, 0.1) is 13.8 Å². The van der Waals surface area contributed by atoms with E-state index in [1.165, 1.54) is 22.2 Å². The van der Waals surface area contributed by atoms with Gasteiger partial charge in [0.05, 0.1) is 0 Å². The Morgan fingerprint density at radius 2 is 1.93 bits per heavy atom. The number of hydrogen-bond acceptors (Lipinski definition) is 3. The van der Waals surface area contributed by atoms with Crippen molar-refractivity contribution in [2.75, 3.05) is 19.6 Å². The van der Waals surface area contributed by atoms with Crippen molar-refractivity contribution in [2.45, 2.75) is 64.6 Å². The van der Waals surface area contributed by atoms with E-state index in [0.29, 0.717) is 19.5 Å². The lowest BCUT2D eigenvalue weighted by Crippen LogP contribution is -2.53. The summed E-state index contributed by atoms with van der Waals surface area (Å²) in [6.07, 6.45) is 3.27. The van der Waals surface area contributed by atoms with Gasteiger partial charge in [-0.15, -0.1) is 0 Å². The summed E-state index contributed by atoms with van der Waals surface area (Å²) in [5.41, 5.74) is 3.60. The van der Waals surface area contributed by atoms with Crippen LogP contribution in [0.1, 0.15) is 43.9 Å². The molecule has 2 amide bonds. The van der Waals surface area contributed by atoms with Crippen molar-refractivity contribution in [3.63, 3.8) is 0 Å². The van der Waals surface area contributed by atoms with E-state index < -0.39 is 0 Å². The van der Waals surface area contributed by atoms with Crippen LogP contribution in [0.25, 0.3) is 10.9 Å². The van der Waals surface area contributed by atoms with Gasteiger partial charge in [0.2, 0.25) is 11.8 Å². The Hall–Kier alpha value is -2.34. The van der Waals surface area contributed by atoms with Crippen molar-refractivity contribution in [1.82, 2.24) is 20.1 Å². The molecule has 2 fully saturated rings. The summed E-state index contributed by atoms with van der Waals surface area (Å²) in [6, 6.07) is 8.47. The maximum absolute atomic E-state index is 13.4. The second-order valence-electron chi connectivity index (χ2n) is 8.71. The van der Waals surface area contributed by atoms with Crippen LogP contribution < -0.4 is 10.6 Å². The van der Waals surface area contributed by atoms with E-state index in [9.17, 15) is 9.59 Å². The number of hydrogen-bond donors (Lipinski definition) is 2. The Balaban J connectivity index is 1.53. The van der Waals surface area contributed by atoms with Gasteiger partial charge in [0.25, 0.3) is 0 Å². The zero-order valence-corrected chi connectivity index (χ0v) is 17.8. The molecule has 2 N–H and O–H groups in total. The third-order valence-corrected chi connectivity index (χ3v) is 6.94. The molecule has 2 aliphatic rings. The van der Waals surface area contributed by atoms with Crippen molar-refractivity contribution in [3.8, 4) is 0 Å². The molecule has 0 saturated carbocycles. The van der Waals surface area contributed by atoms with Crippen LogP contribution in [0.4, 0.5) is 0 Å². The average molecular weight is 397 g/mol. The normalized spacial score (nSPS) is 21.1. The molecular weight excluding hydrogens is 364 g/mol. The molecule has 0 aliphatic carbocycles. The van der Waals surface area contributed by atoms with Crippen LogP contribution in [0.3, 0.4) is 0 Å². The molecule has 2 aromatic rings. The molecular formula is C23H32N4O2. The molecule has 2 saturated heterocycles. The Bertz CT molecular complexity index is 926. The molecule has 3 heterocycles. The minimum atomic E-state index is -0.112.